The Morgan fingerprint density at radius 3 is 2.22 bits per heavy atom. The predicted octanol–water partition coefficient (Wildman–Crippen LogP) is 3.67. The fourth-order valence-electron chi connectivity index (χ4n) is 3.25. The van der Waals surface area contributed by atoms with E-state index in [1.807, 2.05) is 0 Å². The van der Waals surface area contributed by atoms with Crippen molar-refractivity contribution >= 4 is 5.78 Å². The van der Waals surface area contributed by atoms with Crippen molar-refractivity contribution in [1.29, 1.82) is 0 Å². The maximum Gasteiger partial charge on any atom is 0.573 e. The largest absolute Gasteiger partial charge is 0.573 e. The van der Waals surface area contributed by atoms with E-state index in [1.54, 1.807) is 13.8 Å². The molecule has 1 aliphatic rings. The van der Waals surface area contributed by atoms with Gasteiger partial charge < -0.3 is 9.64 Å². The molecule has 1 aliphatic heterocycles. The average Bonchev–Trinajstić information content (AvgIpc) is 2.60. The second kappa shape index (κ2) is 9.01. The van der Waals surface area contributed by atoms with Crippen LogP contribution in [0.3, 0.4) is 0 Å². The minimum atomic E-state index is -4.96. The van der Waals surface area contributed by atoms with E-state index in [0.717, 1.165) is 44.9 Å². The first-order chi connectivity index (χ1) is 12.6. The Kier molecular flexibility index (Phi) is 7.22. The van der Waals surface area contributed by atoms with Gasteiger partial charge in [-0.25, -0.2) is 4.39 Å². The summed E-state index contributed by atoms with van der Waals surface area (Å²) in [6, 6.07) is 3.26. The maximum absolute atomic E-state index is 14.1. The summed E-state index contributed by atoms with van der Waals surface area (Å²) in [6.45, 7) is 10.4. The summed E-state index contributed by atoms with van der Waals surface area (Å²) >= 11 is 0. The zero-order valence-electron chi connectivity index (χ0n) is 15.9. The Bertz CT molecular complexity index is 641. The van der Waals surface area contributed by atoms with E-state index in [9.17, 15) is 22.4 Å². The molecule has 1 heterocycles. The Labute approximate surface area is 157 Å². The Morgan fingerprint density at radius 1 is 1.15 bits per heavy atom. The number of Topliss-reactive ketones (excluding diaryl/α,β-unsaturated/α-hetero) is 1. The van der Waals surface area contributed by atoms with E-state index in [0.29, 0.717) is 12.1 Å². The summed E-state index contributed by atoms with van der Waals surface area (Å²) in [5.74, 6) is -2.92. The lowest BCUT2D eigenvalue weighted by atomic mass is 9.88. The number of benzene rings is 1. The van der Waals surface area contributed by atoms with E-state index in [-0.39, 0.29) is 11.7 Å². The van der Waals surface area contributed by atoms with E-state index < -0.39 is 23.8 Å². The number of carbonyl (C=O) groups excluding carboxylic acids is 1. The van der Waals surface area contributed by atoms with Crippen molar-refractivity contribution < 1.29 is 27.1 Å². The molecule has 1 unspecified atom stereocenters. The third kappa shape index (κ3) is 6.17. The molecule has 1 saturated heterocycles. The fraction of sp³-hybridized carbons (Fsp3) is 0.632. The van der Waals surface area contributed by atoms with Gasteiger partial charge in [-0.1, -0.05) is 26.8 Å². The molecule has 2 rings (SSSR count). The molecule has 0 bridgehead atoms. The number of halogens is 4. The molecule has 1 aromatic carbocycles. The van der Waals surface area contributed by atoms with Gasteiger partial charge in [-0.05, 0) is 24.2 Å². The van der Waals surface area contributed by atoms with Crippen molar-refractivity contribution in [3.8, 4) is 5.75 Å². The molecule has 0 aliphatic carbocycles. The maximum atomic E-state index is 14.1. The van der Waals surface area contributed by atoms with Crippen LogP contribution in [0.15, 0.2) is 18.2 Å². The lowest BCUT2D eigenvalue weighted by Gasteiger charge is -2.36. The molecule has 152 valence electrons. The summed E-state index contributed by atoms with van der Waals surface area (Å²) in [4.78, 5) is 17.1. The molecule has 0 saturated carbocycles. The zero-order chi connectivity index (χ0) is 20.2. The van der Waals surface area contributed by atoms with E-state index >= 15 is 0 Å². The molecule has 0 amide bonds. The number of hydrogen-bond acceptors (Lipinski definition) is 4. The van der Waals surface area contributed by atoms with Gasteiger partial charge in [-0.2, -0.15) is 0 Å². The van der Waals surface area contributed by atoms with Gasteiger partial charge in [0.25, 0.3) is 0 Å². The summed E-state index contributed by atoms with van der Waals surface area (Å²) < 4.78 is 54.8. The van der Waals surface area contributed by atoms with Crippen molar-refractivity contribution in [2.75, 3.05) is 39.3 Å². The van der Waals surface area contributed by atoms with Crippen LogP contribution in [0.1, 0.15) is 32.3 Å². The third-order valence-electron chi connectivity index (χ3n) is 4.85. The number of likely N-dealkylation sites (N-methyl/N-ethyl adjacent to an activating group) is 1. The minimum Gasteiger partial charge on any atom is -0.403 e. The standard InChI is InChI=1S/C19H26F4N2O2/c1-4-24-7-9-25(10-8-24)12-15(18(26)13(2)3)14-5-6-17(16(20)11-14)27-19(21,22)23/h5-6,11,13,15H,4,7-10,12H2,1-3H3. The van der Waals surface area contributed by atoms with Crippen LogP contribution in [0.25, 0.3) is 0 Å². The van der Waals surface area contributed by atoms with Gasteiger partial charge in [0, 0.05) is 38.6 Å². The minimum absolute atomic E-state index is 0.0585. The zero-order valence-corrected chi connectivity index (χ0v) is 15.9. The molecule has 0 spiro atoms. The van der Waals surface area contributed by atoms with E-state index in [4.69, 9.17) is 0 Å². The van der Waals surface area contributed by atoms with Crippen LogP contribution in [0.5, 0.6) is 5.75 Å². The summed E-state index contributed by atoms with van der Waals surface area (Å²) in [6.07, 6.45) is -4.96. The molecule has 1 fully saturated rings. The smallest absolute Gasteiger partial charge is 0.403 e. The number of nitrogens with zero attached hydrogens (tertiary/aromatic N) is 2. The second-order valence-corrected chi connectivity index (χ2v) is 7.08. The molecule has 0 N–H and O–H groups in total. The number of rotatable bonds is 7. The highest BCUT2D eigenvalue weighted by Gasteiger charge is 2.33. The molecule has 27 heavy (non-hydrogen) atoms. The van der Waals surface area contributed by atoms with Crippen molar-refractivity contribution in [1.82, 2.24) is 9.80 Å². The van der Waals surface area contributed by atoms with Crippen LogP contribution in [0.2, 0.25) is 0 Å². The monoisotopic (exact) mass is 390 g/mol. The average molecular weight is 390 g/mol. The van der Waals surface area contributed by atoms with Gasteiger partial charge in [-0.3, -0.25) is 9.69 Å². The van der Waals surface area contributed by atoms with E-state index in [1.165, 1.54) is 6.07 Å². The summed E-state index contributed by atoms with van der Waals surface area (Å²) in [5, 5.41) is 0. The molecule has 0 aromatic heterocycles. The van der Waals surface area contributed by atoms with Gasteiger partial charge in [0.2, 0.25) is 0 Å². The van der Waals surface area contributed by atoms with Crippen molar-refractivity contribution in [2.24, 2.45) is 5.92 Å². The SMILES string of the molecule is CCN1CCN(CC(C(=O)C(C)C)c2ccc(OC(F)(F)F)c(F)c2)CC1. The van der Waals surface area contributed by atoms with Gasteiger partial charge in [0.1, 0.15) is 5.78 Å². The number of piperazine rings is 1. The molecular formula is C19H26F4N2O2. The first-order valence-corrected chi connectivity index (χ1v) is 9.14. The van der Waals surface area contributed by atoms with Gasteiger partial charge >= 0.3 is 6.36 Å². The predicted molar refractivity (Wildman–Crippen MR) is 94.2 cm³/mol. The van der Waals surface area contributed by atoms with Gasteiger partial charge in [0.15, 0.2) is 11.6 Å². The number of ketones is 1. The summed E-state index contributed by atoms with van der Waals surface area (Å²) in [5.41, 5.74) is 0.374. The van der Waals surface area contributed by atoms with Gasteiger partial charge in [0.05, 0.1) is 5.92 Å². The normalized spacial score (nSPS) is 17.9. The Morgan fingerprint density at radius 2 is 1.74 bits per heavy atom. The second-order valence-electron chi connectivity index (χ2n) is 7.08. The number of hydrogen-bond donors (Lipinski definition) is 0. The highest BCUT2D eigenvalue weighted by Crippen LogP contribution is 2.30. The molecular weight excluding hydrogens is 364 g/mol. The Balaban J connectivity index is 2.19. The van der Waals surface area contributed by atoms with Crippen LogP contribution >= 0.6 is 0 Å². The molecule has 1 aromatic rings. The van der Waals surface area contributed by atoms with Crippen LogP contribution in [0.4, 0.5) is 17.6 Å². The molecule has 8 heteroatoms. The van der Waals surface area contributed by atoms with Crippen LogP contribution in [0, 0.1) is 11.7 Å². The first-order valence-electron chi connectivity index (χ1n) is 9.14. The van der Waals surface area contributed by atoms with Crippen molar-refractivity contribution in [2.45, 2.75) is 33.1 Å². The number of ether oxygens (including phenoxy) is 1. The molecule has 0 radical (unpaired) electrons. The molecule has 4 nitrogen and oxygen atoms in total. The lowest BCUT2D eigenvalue weighted by Crippen LogP contribution is -2.48. The van der Waals surface area contributed by atoms with Crippen LogP contribution < -0.4 is 4.74 Å². The van der Waals surface area contributed by atoms with Crippen molar-refractivity contribution in [3.63, 3.8) is 0 Å². The highest BCUT2D eigenvalue weighted by atomic mass is 19.4. The number of carbonyl (C=O) groups is 1. The number of alkyl halides is 3. The van der Waals surface area contributed by atoms with Gasteiger partial charge in [-0.15, -0.1) is 13.2 Å². The fourth-order valence-corrected chi connectivity index (χ4v) is 3.25. The lowest BCUT2D eigenvalue weighted by molar-refractivity contribution is -0.275. The topological polar surface area (TPSA) is 32.8 Å². The van der Waals surface area contributed by atoms with Crippen LogP contribution in [-0.4, -0.2) is 61.2 Å². The van der Waals surface area contributed by atoms with E-state index in [2.05, 4.69) is 21.5 Å². The van der Waals surface area contributed by atoms with Crippen LogP contribution in [-0.2, 0) is 4.79 Å². The molecule has 1 atom stereocenters. The first kappa shape index (κ1) is 21.6. The quantitative estimate of drug-likeness (QED) is 0.665. The third-order valence-corrected chi connectivity index (χ3v) is 4.85. The highest BCUT2D eigenvalue weighted by molar-refractivity contribution is 5.87. The van der Waals surface area contributed by atoms with Crippen molar-refractivity contribution in [3.05, 3.63) is 29.6 Å². The Hall–Kier alpha value is -1.67. The summed E-state index contributed by atoms with van der Waals surface area (Å²) in [7, 11) is 0.